The summed E-state index contributed by atoms with van der Waals surface area (Å²) in [5, 5.41) is 11.4. The molecule has 14 heteroatoms. The molecule has 0 aliphatic heterocycles. The molecular formula is C35H65N9O5. The van der Waals surface area contributed by atoms with E-state index in [2.05, 4.69) is 21.3 Å². The van der Waals surface area contributed by atoms with Crippen LogP contribution in [0.1, 0.15) is 95.1 Å². The lowest BCUT2D eigenvalue weighted by atomic mass is 10.0. The molecule has 0 saturated heterocycles. The highest BCUT2D eigenvalue weighted by atomic mass is 16.5. The summed E-state index contributed by atoms with van der Waals surface area (Å²) in [7, 11) is 0. The summed E-state index contributed by atoms with van der Waals surface area (Å²) in [6.07, 6.45) is 6.63. The van der Waals surface area contributed by atoms with E-state index in [0.717, 1.165) is 23.3 Å². The molecule has 0 aromatic heterocycles. The van der Waals surface area contributed by atoms with Gasteiger partial charge in [0, 0.05) is 0 Å². The van der Waals surface area contributed by atoms with E-state index in [9.17, 15) is 19.2 Å². The molecule has 14 nitrogen and oxygen atoms in total. The first-order valence-electron chi connectivity index (χ1n) is 17.9. The van der Waals surface area contributed by atoms with Crippen LogP contribution < -0.4 is 54.7 Å². The monoisotopic (exact) mass is 692 g/mol. The van der Waals surface area contributed by atoms with E-state index in [4.69, 9.17) is 33.4 Å². The van der Waals surface area contributed by atoms with Crippen molar-refractivity contribution >= 4 is 23.6 Å². The van der Waals surface area contributed by atoms with Gasteiger partial charge >= 0.3 is 0 Å². The lowest BCUT2D eigenvalue weighted by molar-refractivity contribution is -0.134. The fourth-order valence-electron chi connectivity index (χ4n) is 5.37. The molecular weight excluding hydrogens is 626 g/mol. The van der Waals surface area contributed by atoms with Gasteiger partial charge in [-0.05, 0) is 129 Å². The van der Waals surface area contributed by atoms with Crippen LogP contribution in [0.15, 0.2) is 18.2 Å². The van der Waals surface area contributed by atoms with E-state index in [1.807, 2.05) is 39.0 Å². The first kappa shape index (κ1) is 43.7. The Kier molecular flexibility index (Phi) is 22.9. The first-order valence-corrected chi connectivity index (χ1v) is 17.9. The molecule has 49 heavy (non-hydrogen) atoms. The number of hydrogen-bond donors (Lipinski definition) is 9. The third-order valence-corrected chi connectivity index (χ3v) is 8.32. The van der Waals surface area contributed by atoms with Crippen molar-refractivity contribution in [2.24, 2.45) is 28.7 Å². The molecule has 1 aromatic carbocycles. The first-order chi connectivity index (χ1) is 23.5. The topological polar surface area (TPSA) is 256 Å². The number of amides is 4. The molecule has 1 aromatic rings. The van der Waals surface area contributed by atoms with Crippen molar-refractivity contribution in [3.8, 4) is 5.75 Å². The Balaban J connectivity index is 3.06. The van der Waals surface area contributed by atoms with E-state index in [0.29, 0.717) is 96.8 Å². The van der Waals surface area contributed by atoms with Gasteiger partial charge in [-0.2, -0.15) is 0 Å². The summed E-state index contributed by atoms with van der Waals surface area (Å²) in [6.45, 7) is 7.83. The van der Waals surface area contributed by atoms with Crippen LogP contribution in [-0.2, 0) is 19.2 Å². The van der Waals surface area contributed by atoms with Gasteiger partial charge in [-0.1, -0.05) is 24.6 Å². The fraction of sp³-hybridized carbons (Fsp3) is 0.714. The molecule has 0 spiro atoms. The lowest BCUT2D eigenvalue weighted by Gasteiger charge is -2.27. The number of carbonyl (C=O) groups excluding carboxylic acids is 4. The van der Waals surface area contributed by atoms with Crippen LogP contribution in [0.4, 0.5) is 0 Å². The Bertz CT molecular complexity index is 1100. The van der Waals surface area contributed by atoms with Gasteiger partial charge in [-0.15, -0.1) is 0 Å². The molecule has 1 unspecified atom stereocenters. The van der Waals surface area contributed by atoms with Crippen molar-refractivity contribution in [1.82, 2.24) is 21.3 Å². The molecule has 0 heterocycles. The van der Waals surface area contributed by atoms with E-state index < -0.39 is 41.9 Å². The van der Waals surface area contributed by atoms with Gasteiger partial charge in [0.15, 0.2) is 0 Å². The number of ether oxygens (including phenoxy) is 1. The van der Waals surface area contributed by atoms with Gasteiger partial charge in [0.2, 0.25) is 23.6 Å². The average molecular weight is 692 g/mol. The zero-order valence-electron chi connectivity index (χ0n) is 30.1. The minimum absolute atomic E-state index is 0.243. The molecule has 4 amide bonds. The Morgan fingerprint density at radius 1 is 0.592 bits per heavy atom. The summed E-state index contributed by atoms with van der Waals surface area (Å²) >= 11 is 0. The Hall–Kier alpha value is -3.30. The van der Waals surface area contributed by atoms with Gasteiger partial charge in [-0.25, -0.2) is 0 Å². The van der Waals surface area contributed by atoms with Crippen LogP contribution in [0.3, 0.4) is 0 Å². The molecule has 0 radical (unpaired) electrons. The quantitative estimate of drug-likeness (QED) is 0.0577. The lowest BCUT2D eigenvalue weighted by Crippen LogP contribution is -2.58. The highest BCUT2D eigenvalue weighted by molar-refractivity contribution is 5.94. The maximum absolute atomic E-state index is 13.7. The maximum atomic E-state index is 13.7. The summed E-state index contributed by atoms with van der Waals surface area (Å²) in [5.74, 6) is -1.03. The van der Waals surface area contributed by atoms with Crippen molar-refractivity contribution in [2.45, 2.75) is 128 Å². The van der Waals surface area contributed by atoms with E-state index in [1.54, 1.807) is 0 Å². The number of unbranched alkanes of at least 4 members (excludes halogenated alkanes) is 4. The molecule has 0 fully saturated rings. The van der Waals surface area contributed by atoms with Crippen molar-refractivity contribution in [3.05, 3.63) is 29.3 Å². The molecule has 5 atom stereocenters. The van der Waals surface area contributed by atoms with Crippen molar-refractivity contribution < 1.29 is 23.9 Å². The smallest absolute Gasteiger partial charge is 0.243 e. The van der Waals surface area contributed by atoms with Crippen molar-refractivity contribution in [3.63, 3.8) is 0 Å². The molecule has 0 bridgehead atoms. The predicted octanol–water partition coefficient (Wildman–Crippen LogP) is 0.485. The van der Waals surface area contributed by atoms with Crippen LogP contribution in [-0.4, -0.2) is 86.6 Å². The maximum Gasteiger partial charge on any atom is 0.243 e. The molecule has 280 valence electrons. The third kappa shape index (κ3) is 17.8. The zero-order chi connectivity index (χ0) is 36.6. The Labute approximate surface area is 293 Å². The number of rotatable bonds is 27. The third-order valence-electron chi connectivity index (χ3n) is 8.32. The second-order valence-electron chi connectivity index (χ2n) is 12.9. The van der Waals surface area contributed by atoms with Crippen LogP contribution in [0, 0.1) is 13.8 Å². The van der Waals surface area contributed by atoms with E-state index >= 15 is 0 Å². The number of carbonyl (C=O) groups is 4. The molecule has 14 N–H and O–H groups in total. The summed E-state index contributed by atoms with van der Waals surface area (Å²) in [5.41, 5.74) is 30.7. The summed E-state index contributed by atoms with van der Waals surface area (Å²) < 4.78 is 6.02. The Morgan fingerprint density at radius 3 is 1.37 bits per heavy atom. The van der Waals surface area contributed by atoms with Gasteiger partial charge in [0.25, 0.3) is 0 Å². The highest BCUT2D eigenvalue weighted by Gasteiger charge is 2.30. The van der Waals surface area contributed by atoms with Crippen LogP contribution in [0.2, 0.25) is 0 Å². The van der Waals surface area contributed by atoms with E-state index in [1.165, 1.54) is 0 Å². The predicted molar refractivity (Wildman–Crippen MR) is 194 cm³/mol. The van der Waals surface area contributed by atoms with Crippen LogP contribution in [0.25, 0.3) is 0 Å². The van der Waals surface area contributed by atoms with Gasteiger partial charge in [-0.3, -0.25) is 19.2 Å². The van der Waals surface area contributed by atoms with E-state index in [-0.39, 0.29) is 18.6 Å². The molecule has 0 aliphatic carbocycles. The van der Waals surface area contributed by atoms with Crippen molar-refractivity contribution in [2.75, 3.05) is 32.8 Å². The van der Waals surface area contributed by atoms with Crippen molar-refractivity contribution in [1.29, 1.82) is 0 Å². The molecule has 0 aliphatic rings. The van der Waals surface area contributed by atoms with Gasteiger partial charge in [0.05, 0.1) is 12.1 Å². The number of nitrogens with two attached hydrogens (primary N) is 5. The SMILES string of the molecule is Cc1cccc(C)c1OCC(C)NC(=O)[C@H](CCCCN)NC(=O)[C@H](CCCCN)NC(=O)[C@H](CCCCN)NC(=O)[C@@H](N)CCCCN. The second kappa shape index (κ2) is 25.6. The second-order valence-corrected chi connectivity index (χ2v) is 12.9. The number of hydrogen-bond acceptors (Lipinski definition) is 10. The van der Waals surface area contributed by atoms with Crippen LogP contribution >= 0.6 is 0 Å². The minimum Gasteiger partial charge on any atom is -0.491 e. The summed E-state index contributed by atoms with van der Waals surface area (Å²) in [6, 6.07) is 2.03. The standard InChI is InChI=1S/C35H65N9O5/c1-24-13-12-14-25(2)31(24)49-23-26(3)41-33(46)28(16-5-9-20-37)43-35(48)30(18-7-11-22-39)44-34(47)29(17-6-10-21-38)42-32(45)27(40)15-4-8-19-36/h12-14,26-30H,4-11,15-23,36-40H2,1-3H3,(H,41,46)(H,42,45)(H,43,48)(H,44,47)/t26?,27-,28-,29-,30-/m0/s1. The zero-order valence-corrected chi connectivity index (χ0v) is 30.1. The minimum atomic E-state index is -0.958. The van der Waals surface area contributed by atoms with Gasteiger partial charge < -0.3 is 54.7 Å². The fourth-order valence-corrected chi connectivity index (χ4v) is 5.37. The highest BCUT2D eigenvalue weighted by Crippen LogP contribution is 2.22. The number of benzene rings is 1. The number of aryl methyl sites for hydroxylation is 2. The van der Waals surface area contributed by atoms with Gasteiger partial charge in [0.1, 0.15) is 30.5 Å². The van der Waals surface area contributed by atoms with Crippen LogP contribution in [0.5, 0.6) is 5.75 Å². The molecule has 0 saturated carbocycles. The summed E-state index contributed by atoms with van der Waals surface area (Å²) in [4.78, 5) is 53.7. The normalized spacial score (nSPS) is 14.2. The molecule has 1 rings (SSSR count). The number of nitrogens with one attached hydrogen (secondary N) is 4. The Morgan fingerprint density at radius 2 is 0.959 bits per heavy atom. The average Bonchev–Trinajstić information content (AvgIpc) is 3.06. The largest absolute Gasteiger partial charge is 0.491 e. The number of para-hydroxylation sites is 1.